The van der Waals surface area contributed by atoms with Crippen LogP contribution in [0, 0.1) is 5.92 Å². The van der Waals surface area contributed by atoms with Gasteiger partial charge in [-0.25, -0.2) is 4.79 Å². The van der Waals surface area contributed by atoms with Gasteiger partial charge in [0, 0.05) is 26.7 Å². The lowest BCUT2D eigenvalue weighted by molar-refractivity contribution is -0.144. The molecule has 0 aliphatic carbocycles. The van der Waals surface area contributed by atoms with Gasteiger partial charge in [-0.1, -0.05) is 6.92 Å². The summed E-state index contributed by atoms with van der Waals surface area (Å²) in [5.74, 6) is -1.32. The molecule has 1 unspecified atom stereocenters. The minimum atomic E-state index is -0.856. The van der Waals surface area contributed by atoms with Gasteiger partial charge in [0.15, 0.2) is 0 Å². The second-order valence-electron chi connectivity index (χ2n) is 6.05. The van der Waals surface area contributed by atoms with Gasteiger partial charge in [0.2, 0.25) is 5.91 Å². The van der Waals surface area contributed by atoms with E-state index in [0.29, 0.717) is 32.5 Å². The zero-order chi connectivity index (χ0) is 16.2. The Hall–Kier alpha value is -1.79. The van der Waals surface area contributed by atoms with Gasteiger partial charge in [-0.15, -0.1) is 0 Å². The van der Waals surface area contributed by atoms with E-state index in [1.54, 1.807) is 32.7 Å². The van der Waals surface area contributed by atoms with E-state index in [-0.39, 0.29) is 11.9 Å². The van der Waals surface area contributed by atoms with E-state index in [2.05, 4.69) is 5.32 Å². The van der Waals surface area contributed by atoms with Crippen LogP contribution in [0.25, 0.3) is 0 Å². The average Bonchev–Trinajstić information content (AvgIpc) is 2.40. The van der Waals surface area contributed by atoms with Crippen LogP contribution in [0.1, 0.15) is 33.6 Å². The molecule has 1 atom stereocenters. The Labute approximate surface area is 125 Å². The summed E-state index contributed by atoms with van der Waals surface area (Å²) in [5.41, 5.74) is -0.856. The predicted octanol–water partition coefficient (Wildman–Crippen LogP) is 0.750. The van der Waals surface area contributed by atoms with Crippen molar-refractivity contribution in [2.24, 2.45) is 5.92 Å². The van der Waals surface area contributed by atoms with Crippen LogP contribution in [-0.4, -0.2) is 65.0 Å². The highest BCUT2D eigenvalue weighted by Crippen LogP contribution is 2.21. The predicted molar refractivity (Wildman–Crippen MR) is 77.9 cm³/mol. The first-order chi connectivity index (χ1) is 9.67. The van der Waals surface area contributed by atoms with Crippen molar-refractivity contribution in [2.75, 3.05) is 26.7 Å². The maximum atomic E-state index is 12.2. The maximum Gasteiger partial charge on any atom is 0.318 e. The standard InChI is InChI=1S/C14H25N3O4/c1-10(11(18)19)6-5-7-15-13(21)17-9-8-16(4)12(20)14(17,2)3/h10H,5-9H2,1-4H3,(H,15,21)(H,18,19). The van der Waals surface area contributed by atoms with Crippen molar-refractivity contribution in [3.8, 4) is 0 Å². The molecule has 3 amide bonds. The van der Waals surface area contributed by atoms with Crippen LogP contribution in [-0.2, 0) is 9.59 Å². The third kappa shape index (κ3) is 4.09. The molecule has 0 saturated carbocycles. The topological polar surface area (TPSA) is 90.0 Å². The quantitative estimate of drug-likeness (QED) is 0.733. The molecule has 1 rings (SSSR count). The lowest BCUT2D eigenvalue weighted by atomic mass is 9.98. The molecule has 120 valence electrons. The molecule has 7 nitrogen and oxygen atoms in total. The Bertz CT molecular complexity index is 422. The Kier molecular flexibility index (Phi) is 5.57. The molecule has 0 spiro atoms. The molecule has 1 fully saturated rings. The number of carboxylic acid groups (broad SMARTS) is 1. The smallest absolute Gasteiger partial charge is 0.318 e. The van der Waals surface area contributed by atoms with E-state index >= 15 is 0 Å². The summed E-state index contributed by atoms with van der Waals surface area (Å²) < 4.78 is 0. The average molecular weight is 299 g/mol. The van der Waals surface area contributed by atoms with Crippen LogP contribution in [0.15, 0.2) is 0 Å². The number of carbonyl (C=O) groups excluding carboxylic acids is 2. The number of hydrogen-bond acceptors (Lipinski definition) is 3. The molecule has 1 aliphatic heterocycles. The molecule has 1 saturated heterocycles. The van der Waals surface area contributed by atoms with Crippen molar-refractivity contribution in [3.05, 3.63) is 0 Å². The molecular weight excluding hydrogens is 274 g/mol. The highest BCUT2D eigenvalue weighted by molar-refractivity contribution is 5.91. The molecule has 1 aliphatic rings. The minimum Gasteiger partial charge on any atom is -0.481 e. The molecule has 0 aromatic rings. The first-order valence-electron chi connectivity index (χ1n) is 7.21. The van der Waals surface area contributed by atoms with Crippen LogP contribution in [0.4, 0.5) is 4.79 Å². The maximum absolute atomic E-state index is 12.2. The van der Waals surface area contributed by atoms with Crippen molar-refractivity contribution in [3.63, 3.8) is 0 Å². The fraction of sp³-hybridized carbons (Fsp3) is 0.786. The number of carboxylic acids is 1. The summed E-state index contributed by atoms with van der Waals surface area (Å²) in [6.07, 6.45) is 1.11. The lowest BCUT2D eigenvalue weighted by Gasteiger charge is -2.44. The van der Waals surface area contributed by atoms with Gasteiger partial charge in [-0.2, -0.15) is 0 Å². The number of carbonyl (C=O) groups is 3. The van der Waals surface area contributed by atoms with Crippen LogP contribution in [0.2, 0.25) is 0 Å². The summed E-state index contributed by atoms with van der Waals surface area (Å²) in [4.78, 5) is 38.1. The minimum absolute atomic E-state index is 0.0802. The second-order valence-corrected chi connectivity index (χ2v) is 6.05. The van der Waals surface area contributed by atoms with Gasteiger partial charge in [0.25, 0.3) is 0 Å². The van der Waals surface area contributed by atoms with Gasteiger partial charge in [-0.3, -0.25) is 9.59 Å². The Balaban J connectivity index is 2.45. The zero-order valence-electron chi connectivity index (χ0n) is 13.2. The van der Waals surface area contributed by atoms with Gasteiger partial charge < -0.3 is 20.2 Å². The summed E-state index contributed by atoms with van der Waals surface area (Å²) in [6.45, 7) is 6.53. The molecule has 2 N–H and O–H groups in total. The highest BCUT2D eigenvalue weighted by atomic mass is 16.4. The van der Waals surface area contributed by atoms with E-state index in [0.717, 1.165) is 0 Å². The van der Waals surface area contributed by atoms with Gasteiger partial charge >= 0.3 is 12.0 Å². The number of likely N-dealkylation sites (N-methyl/N-ethyl adjacent to an activating group) is 1. The molecule has 0 aromatic carbocycles. The van der Waals surface area contributed by atoms with Crippen molar-refractivity contribution < 1.29 is 19.5 Å². The number of amides is 3. The van der Waals surface area contributed by atoms with Gasteiger partial charge in [0.05, 0.1) is 5.92 Å². The number of aliphatic carboxylic acids is 1. The lowest BCUT2D eigenvalue weighted by Crippen LogP contribution is -2.65. The first kappa shape index (κ1) is 17.3. The summed E-state index contributed by atoms with van der Waals surface area (Å²) in [6, 6.07) is -0.274. The van der Waals surface area contributed by atoms with Crippen molar-refractivity contribution in [1.29, 1.82) is 0 Å². The number of urea groups is 1. The molecule has 0 aromatic heterocycles. The van der Waals surface area contributed by atoms with E-state index < -0.39 is 17.4 Å². The SMILES string of the molecule is CC(CCCNC(=O)N1CCN(C)C(=O)C1(C)C)C(=O)O. The van der Waals surface area contributed by atoms with Crippen LogP contribution in [0.3, 0.4) is 0 Å². The van der Waals surface area contributed by atoms with Crippen LogP contribution >= 0.6 is 0 Å². The van der Waals surface area contributed by atoms with Crippen LogP contribution in [0.5, 0.6) is 0 Å². The van der Waals surface area contributed by atoms with E-state index in [1.807, 2.05) is 0 Å². The Morgan fingerprint density at radius 2 is 2.00 bits per heavy atom. The molecule has 1 heterocycles. The second kappa shape index (κ2) is 6.78. The Morgan fingerprint density at radius 1 is 1.38 bits per heavy atom. The van der Waals surface area contributed by atoms with Crippen LogP contribution < -0.4 is 5.32 Å². The monoisotopic (exact) mass is 299 g/mol. The fourth-order valence-electron chi connectivity index (χ4n) is 2.39. The summed E-state index contributed by atoms with van der Waals surface area (Å²) in [5, 5.41) is 11.5. The Morgan fingerprint density at radius 3 is 2.57 bits per heavy atom. The molecule has 21 heavy (non-hydrogen) atoms. The van der Waals surface area contributed by atoms with Gasteiger partial charge in [-0.05, 0) is 26.7 Å². The van der Waals surface area contributed by atoms with Crippen molar-refractivity contribution in [2.45, 2.75) is 39.2 Å². The number of nitrogens with zero attached hydrogens (tertiary/aromatic N) is 2. The zero-order valence-corrected chi connectivity index (χ0v) is 13.2. The van der Waals surface area contributed by atoms with E-state index in [9.17, 15) is 14.4 Å². The molecular formula is C14H25N3O4. The molecule has 0 radical (unpaired) electrons. The third-order valence-electron chi connectivity index (χ3n) is 3.96. The van der Waals surface area contributed by atoms with E-state index in [4.69, 9.17) is 5.11 Å². The molecule has 7 heteroatoms. The number of nitrogens with one attached hydrogen (secondary N) is 1. The number of piperazine rings is 1. The van der Waals surface area contributed by atoms with Crippen molar-refractivity contribution in [1.82, 2.24) is 15.1 Å². The molecule has 0 bridgehead atoms. The largest absolute Gasteiger partial charge is 0.481 e. The first-order valence-corrected chi connectivity index (χ1v) is 7.21. The summed E-state index contributed by atoms with van der Waals surface area (Å²) >= 11 is 0. The van der Waals surface area contributed by atoms with E-state index in [1.165, 1.54) is 4.90 Å². The highest BCUT2D eigenvalue weighted by Gasteiger charge is 2.42. The van der Waals surface area contributed by atoms with Gasteiger partial charge in [0.1, 0.15) is 5.54 Å². The summed E-state index contributed by atoms with van der Waals surface area (Å²) in [7, 11) is 1.73. The number of hydrogen-bond donors (Lipinski definition) is 2. The third-order valence-corrected chi connectivity index (χ3v) is 3.96. The number of rotatable bonds is 5. The fourth-order valence-corrected chi connectivity index (χ4v) is 2.39. The van der Waals surface area contributed by atoms with Crippen molar-refractivity contribution >= 4 is 17.9 Å². The normalized spacial score (nSPS) is 19.3.